The monoisotopic (exact) mass is 384 g/mol. The van der Waals surface area contributed by atoms with Crippen LogP contribution in [0.3, 0.4) is 0 Å². The van der Waals surface area contributed by atoms with Gasteiger partial charge in [0.15, 0.2) is 23.3 Å². The molecular formula is C19H16F4O4. The molecule has 0 unspecified atom stereocenters. The number of halogens is 4. The Labute approximate surface area is 153 Å². The first kappa shape index (κ1) is 20.5. The molecule has 4 nitrogen and oxygen atoms in total. The van der Waals surface area contributed by atoms with E-state index in [1.807, 2.05) is 0 Å². The fraction of sp³-hybridized carbons (Fsp3) is 0.368. The highest BCUT2D eigenvalue weighted by Gasteiger charge is 2.61. The van der Waals surface area contributed by atoms with Crippen LogP contribution in [0.5, 0.6) is 0 Å². The molecule has 0 heterocycles. The summed E-state index contributed by atoms with van der Waals surface area (Å²) in [5, 5.41) is 0. The fourth-order valence-corrected chi connectivity index (χ4v) is 2.90. The topological polar surface area (TPSA) is 52.6 Å². The van der Waals surface area contributed by atoms with Crippen molar-refractivity contribution in [1.82, 2.24) is 0 Å². The lowest BCUT2D eigenvalue weighted by molar-refractivity contribution is -0.147. The molecule has 0 aliphatic heterocycles. The SMILES string of the molecule is C#Cc1c(F)c(F)c(COC(=O)[C@@H]2[C@H](/C=C\C(=O)OC)C2(C)C)c(F)c1F. The van der Waals surface area contributed by atoms with Gasteiger partial charge in [-0.2, -0.15) is 0 Å². The number of hydrogen-bond donors (Lipinski definition) is 0. The average molecular weight is 384 g/mol. The van der Waals surface area contributed by atoms with E-state index in [9.17, 15) is 27.2 Å². The second-order valence-corrected chi connectivity index (χ2v) is 6.57. The molecule has 1 aliphatic rings. The molecule has 0 spiro atoms. The minimum absolute atomic E-state index is 0.365. The van der Waals surface area contributed by atoms with Crippen molar-refractivity contribution >= 4 is 11.9 Å². The van der Waals surface area contributed by atoms with Gasteiger partial charge in [-0.1, -0.05) is 25.8 Å². The first-order valence-electron chi connectivity index (χ1n) is 7.82. The normalized spacial score (nSPS) is 20.2. The summed E-state index contributed by atoms with van der Waals surface area (Å²) in [6.45, 7) is 2.45. The first-order chi connectivity index (χ1) is 12.6. The van der Waals surface area contributed by atoms with Crippen molar-refractivity contribution in [2.24, 2.45) is 17.3 Å². The van der Waals surface area contributed by atoms with E-state index in [0.29, 0.717) is 0 Å². The molecular weight excluding hydrogens is 368 g/mol. The van der Waals surface area contributed by atoms with Crippen molar-refractivity contribution in [1.29, 1.82) is 0 Å². The minimum atomic E-state index is -1.73. The van der Waals surface area contributed by atoms with Gasteiger partial charge in [0.1, 0.15) is 12.2 Å². The van der Waals surface area contributed by atoms with Crippen LogP contribution in [0.4, 0.5) is 17.6 Å². The molecule has 1 aromatic rings. The Kier molecular flexibility index (Phi) is 5.64. The predicted octanol–water partition coefficient (Wildman–Crippen LogP) is 3.27. The maximum Gasteiger partial charge on any atom is 0.330 e. The van der Waals surface area contributed by atoms with Crippen LogP contribution in [0.2, 0.25) is 0 Å². The van der Waals surface area contributed by atoms with Gasteiger partial charge in [-0.15, -0.1) is 6.42 Å². The lowest BCUT2D eigenvalue weighted by atomic mass is 10.1. The van der Waals surface area contributed by atoms with Crippen molar-refractivity contribution in [3.8, 4) is 12.3 Å². The van der Waals surface area contributed by atoms with Gasteiger partial charge in [0.2, 0.25) is 0 Å². The van der Waals surface area contributed by atoms with Gasteiger partial charge in [0.25, 0.3) is 0 Å². The third-order valence-electron chi connectivity index (χ3n) is 4.66. The minimum Gasteiger partial charge on any atom is -0.466 e. The third-order valence-corrected chi connectivity index (χ3v) is 4.66. The molecule has 1 aliphatic carbocycles. The number of esters is 2. The highest BCUT2D eigenvalue weighted by molar-refractivity contribution is 5.83. The fourth-order valence-electron chi connectivity index (χ4n) is 2.90. The highest BCUT2D eigenvalue weighted by Crippen LogP contribution is 2.59. The number of rotatable bonds is 5. The number of terminal acetylenes is 1. The van der Waals surface area contributed by atoms with Crippen molar-refractivity contribution in [3.63, 3.8) is 0 Å². The molecule has 144 valence electrons. The van der Waals surface area contributed by atoms with E-state index in [0.717, 1.165) is 6.08 Å². The quantitative estimate of drug-likeness (QED) is 0.257. The van der Waals surface area contributed by atoms with Gasteiger partial charge in [-0.25, -0.2) is 22.4 Å². The zero-order valence-corrected chi connectivity index (χ0v) is 14.7. The smallest absolute Gasteiger partial charge is 0.330 e. The standard InChI is InChI=1S/C19H16F4O4/c1-5-9-14(20)16(22)10(17(23)15(9)21)8-27-18(25)13-11(19(13,2)3)6-7-12(24)26-4/h1,6-7,11,13H,8H2,2-4H3/b7-6-/t11-,13-/m0/s1. The van der Waals surface area contributed by atoms with Gasteiger partial charge in [0.05, 0.1) is 18.6 Å². The molecule has 8 heteroatoms. The molecule has 0 N–H and O–H groups in total. The van der Waals surface area contributed by atoms with Crippen LogP contribution in [-0.4, -0.2) is 19.0 Å². The van der Waals surface area contributed by atoms with E-state index in [1.165, 1.54) is 19.1 Å². The Morgan fingerprint density at radius 3 is 2.19 bits per heavy atom. The molecule has 1 saturated carbocycles. The van der Waals surface area contributed by atoms with Crippen LogP contribution in [-0.2, 0) is 25.7 Å². The van der Waals surface area contributed by atoms with E-state index >= 15 is 0 Å². The lowest BCUT2D eigenvalue weighted by Gasteiger charge is -2.10. The number of carbonyl (C=O) groups excluding carboxylic acids is 2. The molecule has 1 fully saturated rings. The summed E-state index contributed by atoms with van der Waals surface area (Å²) in [5.74, 6) is -7.84. The number of hydrogen-bond acceptors (Lipinski definition) is 4. The highest BCUT2D eigenvalue weighted by atomic mass is 19.2. The van der Waals surface area contributed by atoms with Crippen LogP contribution in [0.15, 0.2) is 12.2 Å². The molecule has 1 aromatic carbocycles. The number of benzene rings is 1. The van der Waals surface area contributed by atoms with E-state index in [-0.39, 0.29) is 5.92 Å². The third kappa shape index (κ3) is 3.68. The molecule has 0 radical (unpaired) electrons. The van der Waals surface area contributed by atoms with E-state index in [2.05, 4.69) is 4.74 Å². The summed E-state index contributed by atoms with van der Waals surface area (Å²) in [7, 11) is 1.20. The number of allylic oxidation sites excluding steroid dienone is 1. The summed E-state index contributed by atoms with van der Waals surface area (Å²) in [6, 6.07) is 0. The van der Waals surface area contributed by atoms with Crippen molar-refractivity contribution < 1.29 is 36.6 Å². The maximum atomic E-state index is 13.9. The average Bonchev–Trinajstić information content (AvgIpc) is 3.18. The zero-order valence-electron chi connectivity index (χ0n) is 14.7. The van der Waals surface area contributed by atoms with Gasteiger partial charge in [-0.3, -0.25) is 4.79 Å². The van der Waals surface area contributed by atoms with Crippen molar-refractivity contribution in [3.05, 3.63) is 46.5 Å². The summed E-state index contributed by atoms with van der Waals surface area (Å²) in [6.07, 6.45) is 7.45. The van der Waals surface area contributed by atoms with Crippen molar-refractivity contribution in [2.45, 2.75) is 20.5 Å². The lowest BCUT2D eigenvalue weighted by Crippen LogP contribution is -2.14. The largest absolute Gasteiger partial charge is 0.466 e. The van der Waals surface area contributed by atoms with Crippen LogP contribution in [0.1, 0.15) is 25.0 Å². The van der Waals surface area contributed by atoms with E-state index in [1.54, 1.807) is 13.8 Å². The van der Waals surface area contributed by atoms with Crippen molar-refractivity contribution in [2.75, 3.05) is 7.11 Å². The number of carbonyl (C=O) groups is 2. The number of ether oxygens (including phenoxy) is 2. The van der Waals surface area contributed by atoms with Crippen LogP contribution < -0.4 is 0 Å². The Hall–Kier alpha value is -2.82. The molecule has 2 atom stereocenters. The summed E-state index contributed by atoms with van der Waals surface area (Å²) in [5.41, 5.74) is -2.81. The van der Waals surface area contributed by atoms with Gasteiger partial charge in [0, 0.05) is 6.08 Å². The van der Waals surface area contributed by atoms with Crippen LogP contribution >= 0.6 is 0 Å². The first-order valence-corrected chi connectivity index (χ1v) is 7.82. The Morgan fingerprint density at radius 1 is 1.15 bits per heavy atom. The summed E-state index contributed by atoms with van der Waals surface area (Å²) in [4.78, 5) is 23.3. The maximum absolute atomic E-state index is 13.9. The molecule has 0 saturated heterocycles. The van der Waals surface area contributed by atoms with Crippen LogP contribution in [0.25, 0.3) is 0 Å². The Bertz CT molecular complexity index is 838. The molecule has 0 amide bonds. The molecule has 27 heavy (non-hydrogen) atoms. The zero-order chi connectivity index (χ0) is 20.5. The van der Waals surface area contributed by atoms with Gasteiger partial charge >= 0.3 is 11.9 Å². The van der Waals surface area contributed by atoms with Gasteiger partial charge in [-0.05, 0) is 11.3 Å². The van der Waals surface area contributed by atoms with Gasteiger partial charge < -0.3 is 9.47 Å². The van der Waals surface area contributed by atoms with E-state index < -0.39 is 64.3 Å². The molecule has 2 rings (SSSR count). The Morgan fingerprint density at radius 2 is 1.70 bits per heavy atom. The van der Waals surface area contributed by atoms with Crippen LogP contribution in [0, 0.1) is 52.9 Å². The summed E-state index contributed by atoms with van der Waals surface area (Å²) < 4.78 is 64.5. The summed E-state index contributed by atoms with van der Waals surface area (Å²) >= 11 is 0. The predicted molar refractivity (Wildman–Crippen MR) is 85.9 cm³/mol. The molecule has 0 bridgehead atoms. The second kappa shape index (κ2) is 7.43. The molecule has 0 aromatic heterocycles. The second-order valence-electron chi connectivity index (χ2n) is 6.57. The number of methoxy groups -OCH3 is 1. The Balaban J connectivity index is 2.14. The van der Waals surface area contributed by atoms with E-state index in [4.69, 9.17) is 11.2 Å².